The number of nitrogens with one attached hydrogen (secondary N) is 1. The molecule has 1 amide bonds. The summed E-state index contributed by atoms with van der Waals surface area (Å²) in [5, 5.41) is 3.12. The van der Waals surface area contributed by atoms with Crippen LogP contribution in [0.4, 0.5) is 14.5 Å². The first-order valence-electron chi connectivity index (χ1n) is 7.54. The summed E-state index contributed by atoms with van der Waals surface area (Å²) in [7, 11) is 0. The van der Waals surface area contributed by atoms with Gasteiger partial charge in [-0.2, -0.15) is 0 Å². The Balaban J connectivity index is 1.58. The summed E-state index contributed by atoms with van der Waals surface area (Å²) >= 11 is 1.25. The highest BCUT2D eigenvalue weighted by Gasteiger charge is 2.11. The van der Waals surface area contributed by atoms with Crippen molar-refractivity contribution in [1.82, 2.24) is 9.55 Å². The van der Waals surface area contributed by atoms with Gasteiger partial charge in [-0.3, -0.25) is 4.79 Å². The van der Waals surface area contributed by atoms with Crippen molar-refractivity contribution in [3.05, 3.63) is 78.1 Å². The number of nitrogens with zero attached hydrogens (tertiary/aromatic N) is 2. The van der Waals surface area contributed by atoms with Gasteiger partial charge in [0.25, 0.3) is 0 Å². The first kappa shape index (κ1) is 17.2. The number of amides is 1. The molecular weight excluding hydrogens is 344 g/mol. The minimum absolute atomic E-state index is 0.0420. The highest BCUT2D eigenvalue weighted by atomic mass is 32.2. The molecule has 0 aliphatic heterocycles. The Morgan fingerprint density at radius 1 is 1.16 bits per heavy atom. The van der Waals surface area contributed by atoms with Gasteiger partial charge < -0.3 is 9.88 Å². The molecule has 0 saturated carbocycles. The van der Waals surface area contributed by atoms with Crippen molar-refractivity contribution < 1.29 is 13.6 Å². The van der Waals surface area contributed by atoms with E-state index in [1.54, 1.807) is 6.20 Å². The van der Waals surface area contributed by atoms with Crippen LogP contribution in [0.15, 0.2) is 66.1 Å². The van der Waals surface area contributed by atoms with E-state index in [9.17, 15) is 13.6 Å². The lowest BCUT2D eigenvalue weighted by Gasteiger charge is -2.08. The zero-order chi connectivity index (χ0) is 17.6. The fourth-order valence-electron chi connectivity index (χ4n) is 2.24. The van der Waals surface area contributed by atoms with E-state index in [4.69, 9.17) is 0 Å². The van der Waals surface area contributed by atoms with E-state index in [2.05, 4.69) is 10.3 Å². The average molecular weight is 359 g/mol. The van der Waals surface area contributed by atoms with E-state index in [1.807, 2.05) is 41.1 Å². The fraction of sp³-hybridized carbons (Fsp3) is 0.111. The molecule has 3 rings (SSSR count). The van der Waals surface area contributed by atoms with Gasteiger partial charge in [0.1, 0.15) is 11.6 Å². The molecule has 0 fully saturated rings. The number of thioether (sulfide) groups is 1. The summed E-state index contributed by atoms with van der Waals surface area (Å²) in [6.07, 6.45) is 3.51. The molecule has 128 valence electrons. The molecule has 0 bridgehead atoms. The summed E-state index contributed by atoms with van der Waals surface area (Å²) < 4.78 is 28.4. The summed E-state index contributed by atoms with van der Waals surface area (Å²) in [6.45, 7) is 0.650. The minimum Gasteiger partial charge on any atom is -0.323 e. The molecular formula is C18H15F2N3OS. The Bertz CT molecular complexity index is 868. The van der Waals surface area contributed by atoms with Crippen LogP contribution in [0.1, 0.15) is 5.56 Å². The molecule has 1 aromatic heterocycles. The van der Waals surface area contributed by atoms with Crippen LogP contribution in [0.3, 0.4) is 0 Å². The van der Waals surface area contributed by atoms with Crippen molar-refractivity contribution in [2.75, 3.05) is 11.1 Å². The van der Waals surface area contributed by atoms with Gasteiger partial charge >= 0.3 is 0 Å². The van der Waals surface area contributed by atoms with Gasteiger partial charge in [0.2, 0.25) is 5.91 Å². The molecule has 0 unspecified atom stereocenters. The van der Waals surface area contributed by atoms with Crippen LogP contribution >= 0.6 is 11.8 Å². The Kier molecular flexibility index (Phi) is 5.45. The number of rotatable bonds is 6. The summed E-state index contributed by atoms with van der Waals surface area (Å²) in [5.41, 5.74) is 1.08. The van der Waals surface area contributed by atoms with Crippen molar-refractivity contribution in [1.29, 1.82) is 0 Å². The molecule has 25 heavy (non-hydrogen) atoms. The maximum Gasteiger partial charge on any atom is 0.234 e. The number of halogens is 2. The smallest absolute Gasteiger partial charge is 0.234 e. The first-order valence-corrected chi connectivity index (χ1v) is 8.53. The maximum absolute atomic E-state index is 13.6. The normalized spacial score (nSPS) is 10.6. The topological polar surface area (TPSA) is 46.9 Å². The molecule has 7 heteroatoms. The third kappa shape index (κ3) is 4.67. The average Bonchev–Trinajstić information content (AvgIpc) is 3.03. The second kappa shape index (κ2) is 7.94. The number of imidazole rings is 1. The molecule has 0 saturated heterocycles. The number of benzene rings is 2. The van der Waals surface area contributed by atoms with Crippen LogP contribution in [0.2, 0.25) is 0 Å². The fourth-order valence-corrected chi connectivity index (χ4v) is 3.00. The molecule has 0 atom stereocenters. The van der Waals surface area contributed by atoms with Crippen molar-refractivity contribution in [2.24, 2.45) is 0 Å². The lowest BCUT2D eigenvalue weighted by molar-refractivity contribution is -0.113. The second-order valence-electron chi connectivity index (χ2n) is 5.28. The number of aromatic nitrogens is 2. The molecule has 4 nitrogen and oxygen atoms in total. The molecule has 1 heterocycles. The number of carbonyl (C=O) groups excluding carboxylic acids is 1. The zero-order valence-electron chi connectivity index (χ0n) is 13.2. The quantitative estimate of drug-likeness (QED) is 0.678. The highest BCUT2D eigenvalue weighted by Crippen LogP contribution is 2.19. The highest BCUT2D eigenvalue weighted by molar-refractivity contribution is 7.99. The molecule has 0 aliphatic carbocycles. The second-order valence-corrected chi connectivity index (χ2v) is 6.23. The van der Waals surface area contributed by atoms with Gasteiger partial charge in [-0.15, -0.1) is 0 Å². The Morgan fingerprint density at radius 3 is 2.72 bits per heavy atom. The van der Waals surface area contributed by atoms with E-state index in [0.717, 1.165) is 17.7 Å². The molecule has 1 N–H and O–H groups in total. The molecule has 0 spiro atoms. The standard InChI is InChI=1S/C18H15F2N3OS/c19-14-6-7-16(15(20)10-14)22-17(24)12-25-18-21-8-9-23(18)11-13-4-2-1-3-5-13/h1-10H,11-12H2,(H,22,24). The zero-order valence-corrected chi connectivity index (χ0v) is 14.0. The Labute approximate surface area is 147 Å². The van der Waals surface area contributed by atoms with Crippen LogP contribution in [-0.2, 0) is 11.3 Å². The van der Waals surface area contributed by atoms with Gasteiger partial charge in [-0.1, -0.05) is 42.1 Å². The van der Waals surface area contributed by atoms with Crippen LogP contribution < -0.4 is 5.32 Å². The number of hydrogen-bond acceptors (Lipinski definition) is 3. The lowest BCUT2D eigenvalue weighted by Crippen LogP contribution is -2.15. The molecule has 3 aromatic rings. The van der Waals surface area contributed by atoms with E-state index in [-0.39, 0.29) is 17.3 Å². The summed E-state index contributed by atoms with van der Waals surface area (Å²) in [4.78, 5) is 16.2. The Morgan fingerprint density at radius 2 is 1.96 bits per heavy atom. The number of anilines is 1. The predicted molar refractivity (Wildman–Crippen MR) is 93.5 cm³/mol. The number of hydrogen-bond donors (Lipinski definition) is 1. The van der Waals surface area contributed by atoms with Gasteiger partial charge in [0, 0.05) is 25.0 Å². The molecule has 2 aromatic carbocycles. The van der Waals surface area contributed by atoms with Crippen LogP contribution in [-0.4, -0.2) is 21.2 Å². The molecule has 0 radical (unpaired) electrons. The van der Waals surface area contributed by atoms with E-state index in [0.29, 0.717) is 11.7 Å². The lowest BCUT2D eigenvalue weighted by atomic mass is 10.2. The third-order valence-electron chi connectivity index (χ3n) is 3.41. The SMILES string of the molecule is O=C(CSc1nccn1Cc1ccccc1)Nc1ccc(F)cc1F. The molecule has 0 aliphatic rings. The van der Waals surface area contributed by atoms with E-state index >= 15 is 0 Å². The van der Waals surface area contributed by atoms with Crippen molar-refractivity contribution in [3.63, 3.8) is 0 Å². The minimum atomic E-state index is -0.802. The maximum atomic E-state index is 13.6. The van der Waals surface area contributed by atoms with Gasteiger partial charge in [-0.05, 0) is 17.7 Å². The van der Waals surface area contributed by atoms with Crippen molar-refractivity contribution in [3.8, 4) is 0 Å². The summed E-state index contributed by atoms with van der Waals surface area (Å²) in [5.74, 6) is -1.80. The van der Waals surface area contributed by atoms with Crippen LogP contribution in [0.5, 0.6) is 0 Å². The van der Waals surface area contributed by atoms with Gasteiger partial charge in [0.05, 0.1) is 11.4 Å². The van der Waals surface area contributed by atoms with Gasteiger partial charge in [0.15, 0.2) is 5.16 Å². The monoisotopic (exact) mass is 359 g/mol. The van der Waals surface area contributed by atoms with Crippen LogP contribution in [0.25, 0.3) is 0 Å². The van der Waals surface area contributed by atoms with Crippen LogP contribution in [0, 0.1) is 11.6 Å². The van der Waals surface area contributed by atoms with Crippen molar-refractivity contribution in [2.45, 2.75) is 11.7 Å². The number of carbonyl (C=O) groups is 1. The summed E-state index contributed by atoms with van der Waals surface area (Å²) in [6, 6.07) is 12.9. The first-order chi connectivity index (χ1) is 12.1. The van der Waals surface area contributed by atoms with E-state index < -0.39 is 11.6 Å². The van der Waals surface area contributed by atoms with Crippen molar-refractivity contribution >= 4 is 23.4 Å². The Hall–Kier alpha value is -2.67. The van der Waals surface area contributed by atoms with E-state index in [1.165, 1.54) is 17.8 Å². The predicted octanol–water partition coefficient (Wildman–Crippen LogP) is 3.94. The third-order valence-corrected chi connectivity index (χ3v) is 4.42. The largest absolute Gasteiger partial charge is 0.323 e. The van der Waals surface area contributed by atoms with Gasteiger partial charge in [-0.25, -0.2) is 13.8 Å².